The van der Waals surface area contributed by atoms with Crippen molar-refractivity contribution >= 4 is 10.0 Å². The monoisotopic (exact) mass is 340 g/mol. The highest BCUT2D eigenvalue weighted by molar-refractivity contribution is 7.89. The number of ether oxygens (including phenoxy) is 1. The summed E-state index contributed by atoms with van der Waals surface area (Å²) in [6.07, 6.45) is 2.37. The summed E-state index contributed by atoms with van der Waals surface area (Å²) >= 11 is 0. The van der Waals surface area contributed by atoms with E-state index in [0.717, 1.165) is 24.6 Å². The second kappa shape index (κ2) is 7.64. The molecular weight excluding hydrogens is 312 g/mol. The quantitative estimate of drug-likeness (QED) is 0.864. The largest absolute Gasteiger partial charge is 0.495 e. The second-order valence-corrected chi connectivity index (χ2v) is 8.31. The highest BCUT2D eigenvalue weighted by Crippen LogP contribution is 2.24. The van der Waals surface area contributed by atoms with Gasteiger partial charge in [0.25, 0.3) is 0 Å². The normalized spacial score (nSPS) is 18.8. The molecule has 2 rings (SSSR count). The first-order valence-electron chi connectivity index (χ1n) is 8.22. The van der Waals surface area contributed by atoms with E-state index in [1.165, 1.54) is 20.0 Å². The first kappa shape index (κ1) is 18.2. The van der Waals surface area contributed by atoms with Crippen LogP contribution in [0.5, 0.6) is 5.75 Å². The zero-order chi connectivity index (χ0) is 17.0. The third kappa shape index (κ3) is 4.68. The Morgan fingerprint density at radius 1 is 1.35 bits per heavy atom. The van der Waals surface area contributed by atoms with Crippen molar-refractivity contribution in [1.82, 2.24) is 9.62 Å². The summed E-state index contributed by atoms with van der Waals surface area (Å²) in [5, 5.41) is 0. The molecule has 6 heteroatoms. The number of methoxy groups -OCH3 is 1. The lowest BCUT2D eigenvalue weighted by Crippen LogP contribution is -2.45. The van der Waals surface area contributed by atoms with Crippen molar-refractivity contribution in [2.24, 2.45) is 5.92 Å². The number of nitrogens with zero attached hydrogens (tertiary/aromatic N) is 1. The van der Waals surface area contributed by atoms with Gasteiger partial charge >= 0.3 is 0 Å². The molecule has 1 aliphatic heterocycles. The fourth-order valence-corrected chi connectivity index (χ4v) is 4.27. The van der Waals surface area contributed by atoms with Gasteiger partial charge in [-0.05, 0) is 63.4 Å². The van der Waals surface area contributed by atoms with Gasteiger partial charge in [0.1, 0.15) is 10.6 Å². The number of rotatable bonds is 6. The van der Waals surface area contributed by atoms with Gasteiger partial charge in [0.2, 0.25) is 10.0 Å². The van der Waals surface area contributed by atoms with E-state index in [1.54, 1.807) is 12.1 Å². The molecule has 0 radical (unpaired) electrons. The van der Waals surface area contributed by atoms with E-state index < -0.39 is 10.0 Å². The van der Waals surface area contributed by atoms with Gasteiger partial charge in [-0.25, -0.2) is 13.1 Å². The molecule has 23 heavy (non-hydrogen) atoms. The Labute approximate surface area is 140 Å². The fourth-order valence-electron chi connectivity index (χ4n) is 2.90. The topological polar surface area (TPSA) is 58.6 Å². The van der Waals surface area contributed by atoms with Crippen molar-refractivity contribution in [2.45, 2.75) is 44.6 Å². The molecule has 0 aliphatic carbocycles. The zero-order valence-electron chi connectivity index (χ0n) is 14.5. The molecule has 1 aromatic rings. The van der Waals surface area contributed by atoms with Crippen LogP contribution >= 0.6 is 0 Å². The van der Waals surface area contributed by atoms with E-state index in [2.05, 4.69) is 23.5 Å². The Balaban J connectivity index is 2.03. The van der Waals surface area contributed by atoms with Crippen LogP contribution in [-0.2, 0) is 10.0 Å². The average molecular weight is 340 g/mol. The van der Waals surface area contributed by atoms with Crippen LogP contribution in [0.2, 0.25) is 0 Å². The lowest BCUT2D eigenvalue weighted by atomic mass is 9.98. The van der Waals surface area contributed by atoms with E-state index in [4.69, 9.17) is 4.74 Å². The molecule has 0 aromatic heterocycles. The van der Waals surface area contributed by atoms with Gasteiger partial charge in [0.15, 0.2) is 0 Å². The molecule has 5 nitrogen and oxygen atoms in total. The third-order valence-electron chi connectivity index (χ3n) is 4.62. The van der Waals surface area contributed by atoms with E-state index in [-0.39, 0.29) is 10.9 Å². The minimum atomic E-state index is -3.57. The predicted octanol–water partition coefficient (Wildman–Crippen LogP) is 2.40. The summed E-state index contributed by atoms with van der Waals surface area (Å²) in [5.41, 5.74) is 0.893. The van der Waals surface area contributed by atoms with Crippen molar-refractivity contribution in [3.05, 3.63) is 23.8 Å². The molecule has 1 fully saturated rings. The molecule has 1 aromatic carbocycles. The van der Waals surface area contributed by atoms with Crippen LogP contribution < -0.4 is 9.46 Å². The second-order valence-electron chi connectivity index (χ2n) is 6.57. The van der Waals surface area contributed by atoms with E-state index in [0.29, 0.717) is 12.3 Å². The van der Waals surface area contributed by atoms with Gasteiger partial charge in [0, 0.05) is 12.6 Å². The first-order chi connectivity index (χ1) is 10.8. The number of benzene rings is 1. The van der Waals surface area contributed by atoms with Gasteiger partial charge in [-0.2, -0.15) is 0 Å². The zero-order valence-corrected chi connectivity index (χ0v) is 15.3. The Morgan fingerprint density at radius 2 is 2.00 bits per heavy atom. The maximum absolute atomic E-state index is 12.6. The molecule has 1 unspecified atom stereocenters. The van der Waals surface area contributed by atoms with Crippen LogP contribution in [0.15, 0.2) is 23.1 Å². The minimum Gasteiger partial charge on any atom is -0.495 e. The molecule has 1 aliphatic rings. The van der Waals surface area contributed by atoms with Crippen LogP contribution in [0.3, 0.4) is 0 Å². The number of nitrogens with one attached hydrogen (secondary N) is 1. The predicted molar refractivity (Wildman–Crippen MR) is 92.4 cm³/mol. The van der Waals surface area contributed by atoms with Crippen molar-refractivity contribution < 1.29 is 13.2 Å². The molecule has 1 N–H and O–H groups in total. The first-order valence-corrected chi connectivity index (χ1v) is 9.70. The molecule has 1 heterocycles. The number of piperidine rings is 1. The summed E-state index contributed by atoms with van der Waals surface area (Å²) in [6, 6.07) is 5.37. The van der Waals surface area contributed by atoms with Crippen LogP contribution in [-0.4, -0.2) is 46.1 Å². The van der Waals surface area contributed by atoms with Crippen molar-refractivity contribution in [3.63, 3.8) is 0 Å². The summed E-state index contributed by atoms with van der Waals surface area (Å²) in [4.78, 5) is 2.56. The molecular formula is C17H28N2O3S. The maximum atomic E-state index is 12.6. The smallest absolute Gasteiger partial charge is 0.244 e. The molecule has 0 amide bonds. The molecule has 0 saturated carbocycles. The average Bonchev–Trinajstić information content (AvgIpc) is 2.53. The molecule has 130 valence electrons. The molecule has 1 saturated heterocycles. The Morgan fingerprint density at radius 3 is 2.61 bits per heavy atom. The SMILES string of the molecule is COc1ccc(C)cc1S(=O)(=O)NCC(C)N1CCC(C)CC1. The minimum absolute atomic E-state index is 0.188. The van der Waals surface area contributed by atoms with Gasteiger partial charge in [-0.1, -0.05) is 13.0 Å². The number of hydrogen-bond donors (Lipinski definition) is 1. The Kier molecular flexibility index (Phi) is 6.06. The third-order valence-corrected chi connectivity index (χ3v) is 6.06. The highest BCUT2D eigenvalue weighted by Gasteiger charge is 2.24. The Hall–Kier alpha value is -1.11. The molecule has 0 bridgehead atoms. The summed E-state index contributed by atoms with van der Waals surface area (Å²) < 4.78 is 33.1. The van der Waals surface area contributed by atoms with E-state index in [9.17, 15) is 8.42 Å². The lowest BCUT2D eigenvalue weighted by molar-refractivity contribution is 0.148. The Bertz CT molecular complexity index is 623. The van der Waals surface area contributed by atoms with Gasteiger partial charge in [-0.15, -0.1) is 0 Å². The van der Waals surface area contributed by atoms with E-state index >= 15 is 0 Å². The number of sulfonamides is 1. The molecule has 0 spiro atoms. The van der Waals surface area contributed by atoms with Crippen molar-refractivity contribution in [2.75, 3.05) is 26.7 Å². The lowest BCUT2D eigenvalue weighted by Gasteiger charge is -2.35. The van der Waals surface area contributed by atoms with Crippen molar-refractivity contribution in [1.29, 1.82) is 0 Å². The number of hydrogen-bond acceptors (Lipinski definition) is 4. The standard InChI is InChI=1S/C17H28N2O3S/c1-13-7-9-19(10-8-13)15(3)12-18-23(20,21)17-11-14(2)5-6-16(17)22-4/h5-6,11,13,15,18H,7-10,12H2,1-4H3. The maximum Gasteiger partial charge on any atom is 0.244 e. The number of aryl methyl sites for hydroxylation is 1. The molecule has 1 atom stereocenters. The van der Waals surface area contributed by atoms with Crippen LogP contribution in [0.1, 0.15) is 32.3 Å². The van der Waals surface area contributed by atoms with Gasteiger partial charge < -0.3 is 4.74 Å². The van der Waals surface area contributed by atoms with Crippen molar-refractivity contribution in [3.8, 4) is 5.75 Å². The van der Waals surface area contributed by atoms with Crippen LogP contribution in [0, 0.1) is 12.8 Å². The van der Waals surface area contributed by atoms with Crippen LogP contribution in [0.4, 0.5) is 0 Å². The van der Waals surface area contributed by atoms with Gasteiger partial charge in [-0.3, -0.25) is 4.90 Å². The fraction of sp³-hybridized carbons (Fsp3) is 0.647. The summed E-state index contributed by atoms with van der Waals surface area (Å²) in [7, 11) is -2.08. The number of likely N-dealkylation sites (tertiary alicyclic amines) is 1. The highest BCUT2D eigenvalue weighted by atomic mass is 32.2. The van der Waals surface area contributed by atoms with E-state index in [1.807, 2.05) is 13.0 Å². The van der Waals surface area contributed by atoms with Gasteiger partial charge in [0.05, 0.1) is 7.11 Å². The summed E-state index contributed by atoms with van der Waals surface area (Å²) in [5.74, 6) is 1.15. The van der Waals surface area contributed by atoms with Crippen LogP contribution in [0.25, 0.3) is 0 Å². The summed E-state index contributed by atoms with van der Waals surface area (Å²) in [6.45, 7) is 8.71.